The van der Waals surface area contributed by atoms with E-state index in [2.05, 4.69) is 4.72 Å². The summed E-state index contributed by atoms with van der Waals surface area (Å²) in [6.07, 6.45) is 0. The normalized spacial score (nSPS) is 15.8. The van der Waals surface area contributed by atoms with Crippen molar-refractivity contribution in [3.05, 3.63) is 35.9 Å². The van der Waals surface area contributed by atoms with Crippen LogP contribution < -0.4 is 4.72 Å². The number of carboxylic acids is 1. The predicted molar refractivity (Wildman–Crippen MR) is 73.2 cm³/mol. The fourth-order valence-corrected chi connectivity index (χ4v) is 2.47. The molecular weight excluding hydrogens is 266 g/mol. The third-order valence-corrected chi connectivity index (χ3v) is 5.21. The molecule has 2 N–H and O–H groups in total. The Bertz CT molecular complexity index is 560. The van der Waals surface area contributed by atoms with Gasteiger partial charge < -0.3 is 5.11 Å². The molecule has 0 heterocycles. The number of rotatable bonds is 4. The molecule has 0 radical (unpaired) electrons. The average Bonchev–Trinajstić information content (AvgIpc) is 2.27. The van der Waals surface area contributed by atoms with Crippen molar-refractivity contribution in [3.63, 3.8) is 0 Å². The van der Waals surface area contributed by atoms with E-state index >= 15 is 0 Å². The van der Waals surface area contributed by atoms with E-state index in [1.54, 1.807) is 30.3 Å². The second kappa shape index (κ2) is 4.94. The van der Waals surface area contributed by atoms with Crippen molar-refractivity contribution in [2.75, 3.05) is 0 Å². The van der Waals surface area contributed by atoms with Crippen LogP contribution in [0.3, 0.4) is 0 Å². The minimum Gasteiger partial charge on any atom is -0.480 e. The molecule has 0 aliphatic rings. The molecule has 0 amide bonds. The molecule has 0 spiro atoms. The van der Waals surface area contributed by atoms with E-state index in [9.17, 15) is 18.3 Å². The van der Waals surface area contributed by atoms with Gasteiger partial charge in [0.2, 0.25) is 10.0 Å². The molecule has 1 aromatic carbocycles. The van der Waals surface area contributed by atoms with Crippen LogP contribution in [-0.2, 0) is 20.4 Å². The highest BCUT2D eigenvalue weighted by atomic mass is 32.2. The van der Waals surface area contributed by atoms with Crippen LogP contribution in [0, 0.1) is 0 Å². The summed E-state index contributed by atoms with van der Waals surface area (Å²) in [4.78, 5) is 11.5. The zero-order chi connectivity index (χ0) is 14.9. The Kier molecular flexibility index (Phi) is 4.07. The number of carboxylic acid groups (broad SMARTS) is 1. The molecule has 1 atom stereocenters. The smallest absolute Gasteiger partial charge is 0.329 e. The highest BCUT2D eigenvalue weighted by Crippen LogP contribution is 2.25. The zero-order valence-corrected chi connectivity index (χ0v) is 12.3. The van der Waals surface area contributed by atoms with Gasteiger partial charge in [0.1, 0.15) is 0 Å². The third-order valence-electron chi connectivity index (χ3n) is 2.92. The number of aliphatic carboxylic acids is 1. The predicted octanol–water partition coefficient (Wildman–Crippen LogP) is 1.70. The summed E-state index contributed by atoms with van der Waals surface area (Å²) in [5.74, 6) is -1.24. The highest BCUT2D eigenvalue weighted by molar-refractivity contribution is 7.90. The Morgan fingerprint density at radius 1 is 1.11 bits per heavy atom. The van der Waals surface area contributed by atoms with Crippen LogP contribution >= 0.6 is 0 Å². The van der Waals surface area contributed by atoms with E-state index in [1.165, 1.54) is 27.7 Å². The first kappa shape index (κ1) is 15.7. The van der Waals surface area contributed by atoms with Gasteiger partial charge in [0.15, 0.2) is 5.54 Å². The summed E-state index contributed by atoms with van der Waals surface area (Å²) in [6, 6.07) is 8.24. The number of hydrogen-bond donors (Lipinski definition) is 2. The lowest BCUT2D eigenvalue weighted by Crippen LogP contribution is -2.54. The third kappa shape index (κ3) is 3.13. The van der Waals surface area contributed by atoms with Crippen molar-refractivity contribution in [1.82, 2.24) is 4.72 Å². The van der Waals surface area contributed by atoms with Gasteiger partial charge in [-0.05, 0) is 33.3 Å². The van der Waals surface area contributed by atoms with Crippen LogP contribution in [0.25, 0.3) is 0 Å². The van der Waals surface area contributed by atoms with Gasteiger partial charge in [0.25, 0.3) is 0 Å². The van der Waals surface area contributed by atoms with Gasteiger partial charge in [-0.1, -0.05) is 30.3 Å². The maximum absolute atomic E-state index is 12.2. The Labute approximate surface area is 113 Å². The molecule has 106 valence electrons. The molecule has 6 heteroatoms. The molecule has 0 saturated heterocycles. The first-order chi connectivity index (χ1) is 8.51. The molecule has 1 rings (SSSR count). The number of carbonyl (C=O) groups is 1. The van der Waals surface area contributed by atoms with Crippen LogP contribution in [0.1, 0.15) is 33.3 Å². The number of sulfonamides is 1. The fraction of sp³-hybridized carbons (Fsp3) is 0.462. The Morgan fingerprint density at radius 3 is 1.95 bits per heavy atom. The van der Waals surface area contributed by atoms with Crippen molar-refractivity contribution in [2.45, 2.75) is 38.0 Å². The van der Waals surface area contributed by atoms with Gasteiger partial charge >= 0.3 is 5.97 Å². The second-order valence-electron chi connectivity index (χ2n) is 5.51. The molecular formula is C13H19NO4S. The topological polar surface area (TPSA) is 83.5 Å². The van der Waals surface area contributed by atoms with E-state index < -0.39 is 26.3 Å². The lowest BCUT2D eigenvalue weighted by molar-refractivity contribution is -0.143. The minimum absolute atomic E-state index is 0.385. The van der Waals surface area contributed by atoms with Gasteiger partial charge in [-0.2, -0.15) is 4.72 Å². The van der Waals surface area contributed by atoms with Crippen molar-refractivity contribution in [3.8, 4) is 0 Å². The van der Waals surface area contributed by atoms with Crippen molar-refractivity contribution >= 4 is 16.0 Å². The first-order valence-corrected chi connectivity index (χ1v) is 7.31. The Morgan fingerprint density at radius 2 is 1.58 bits per heavy atom. The van der Waals surface area contributed by atoms with Gasteiger partial charge in [-0.15, -0.1) is 0 Å². The summed E-state index contributed by atoms with van der Waals surface area (Å²) in [5, 5.41) is 9.39. The molecule has 0 aliphatic carbocycles. The summed E-state index contributed by atoms with van der Waals surface area (Å²) >= 11 is 0. The first-order valence-electron chi connectivity index (χ1n) is 5.83. The Hall–Kier alpha value is -1.40. The van der Waals surface area contributed by atoms with E-state index in [0.717, 1.165) is 0 Å². The minimum atomic E-state index is -3.78. The zero-order valence-electron chi connectivity index (χ0n) is 11.5. The molecule has 1 aromatic rings. The largest absolute Gasteiger partial charge is 0.480 e. The van der Waals surface area contributed by atoms with Crippen LogP contribution in [0.5, 0.6) is 0 Å². The molecule has 0 aliphatic heterocycles. The quantitative estimate of drug-likeness (QED) is 0.882. The van der Waals surface area contributed by atoms with Gasteiger partial charge in [0, 0.05) is 0 Å². The SMILES string of the molecule is CC(C)(C)S(=O)(=O)N[C@@](C)(C(=O)O)c1ccccc1. The van der Waals surface area contributed by atoms with Gasteiger partial charge in [-0.3, -0.25) is 0 Å². The summed E-state index contributed by atoms with van der Waals surface area (Å²) in [7, 11) is -3.78. The van der Waals surface area contributed by atoms with E-state index in [0.29, 0.717) is 5.56 Å². The molecule has 0 bridgehead atoms. The van der Waals surface area contributed by atoms with E-state index in [-0.39, 0.29) is 0 Å². The molecule has 0 unspecified atom stereocenters. The van der Waals surface area contributed by atoms with Crippen LogP contribution in [0.2, 0.25) is 0 Å². The van der Waals surface area contributed by atoms with Crippen LogP contribution in [0.4, 0.5) is 0 Å². The van der Waals surface area contributed by atoms with Gasteiger partial charge in [-0.25, -0.2) is 13.2 Å². The van der Waals surface area contributed by atoms with Gasteiger partial charge in [0.05, 0.1) is 4.75 Å². The van der Waals surface area contributed by atoms with Crippen molar-refractivity contribution < 1.29 is 18.3 Å². The molecule has 0 aromatic heterocycles. The van der Waals surface area contributed by atoms with Crippen molar-refractivity contribution in [1.29, 1.82) is 0 Å². The fourth-order valence-electron chi connectivity index (χ4n) is 1.42. The lowest BCUT2D eigenvalue weighted by atomic mass is 9.94. The summed E-state index contributed by atoms with van der Waals surface area (Å²) in [6.45, 7) is 5.89. The molecule has 0 saturated carbocycles. The summed E-state index contributed by atoms with van der Waals surface area (Å²) in [5.41, 5.74) is -1.30. The summed E-state index contributed by atoms with van der Waals surface area (Å²) < 4.78 is 25.6. The second-order valence-corrected chi connectivity index (χ2v) is 7.95. The average molecular weight is 285 g/mol. The number of hydrogen-bond acceptors (Lipinski definition) is 3. The standard InChI is InChI=1S/C13H19NO4S/c1-12(2,3)19(17,18)14-13(4,11(15)16)10-8-6-5-7-9-10/h5-9,14H,1-4H3,(H,15,16)/t13-/m1/s1. The Balaban J connectivity index is 3.29. The molecule has 0 fully saturated rings. The molecule has 19 heavy (non-hydrogen) atoms. The highest BCUT2D eigenvalue weighted by Gasteiger charge is 2.42. The maximum Gasteiger partial charge on any atom is 0.329 e. The number of benzene rings is 1. The van der Waals surface area contributed by atoms with Crippen molar-refractivity contribution in [2.24, 2.45) is 0 Å². The van der Waals surface area contributed by atoms with E-state index in [1.807, 2.05) is 0 Å². The molecule has 5 nitrogen and oxygen atoms in total. The van der Waals surface area contributed by atoms with Crippen LogP contribution in [-0.4, -0.2) is 24.2 Å². The maximum atomic E-state index is 12.2. The monoisotopic (exact) mass is 285 g/mol. The lowest BCUT2D eigenvalue weighted by Gasteiger charge is -2.30. The number of nitrogens with one attached hydrogen (secondary N) is 1. The van der Waals surface area contributed by atoms with Crippen LogP contribution in [0.15, 0.2) is 30.3 Å². The van der Waals surface area contributed by atoms with E-state index in [4.69, 9.17) is 0 Å².